The molecule has 4 aromatic rings. The molecule has 0 aliphatic heterocycles. The maximum absolute atomic E-state index is 12.8. The highest BCUT2D eigenvalue weighted by Crippen LogP contribution is 2.25. The number of carbonyl (C=O) groups excluding carboxylic acids is 1. The Labute approximate surface area is 174 Å². The van der Waals surface area contributed by atoms with Crippen LogP contribution in [0.25, 0.3) is 16.7 Å². The Morgan fingerprint density at radius 2 is 1.60 bits per heavy atom. The monoisotopic (exact) mass is 420 g/mol. The van der Waals surface area contributed by atoms with E-state index in [2.05, 4.69) is 15.0 Å². The summed E-state index contributed by atoms with van der Waals surface area (Å²) in [7, 11) is -3.45. The quantitative estimate of drug-likeness (QED) is 0.499. The van der Waals surface area contributed by atoms with Crippen molar-refractivity contribution < 1.29 is 13.2 Å². The first-order chi connectivity index (χ1) is 14.4. The Morgan fingerprint density at radius 1 is 0.933 bits per heavy atom. The molecule has 0 aliphatic carbocycles. The number of fused-ring (bicyclic) bond motifs is 1. The van der Waals surface area contributed by atoms with Crippen molar-refractivity contribution in [2.45, 2.75) is 6.42 Å². The molecule has 7 nitrogen and oxygen atoms in total. The van der Waals surface area contributed by atoms with Crippen LogP contribution in [0.15, 0.2) is 78.9 Å². The number of para-hydroxylation sites is 4. The van der Waals surface area contributed by atoms with Crippen molar-refractivity contribution in [3.8, 4) is 5.69 Å². The Bertz CT molecular complexity index is 1310. The van der Waals surface area contributed by atoms with Crippen LogP contribution in [0, 0.1) is 0 Å². The molecule has 0 bridgehead atoms. The van der Waals surface area contributed by atoms with Crippen molar-refractivity contribution in [2.24, 2.45) is 0 Å². The Balaban J connectivity index is 1.65. The Hall–Kier alpha value is -3.65. The lowest BCUT2D eigenvalue weighted by Crippen LogP contribution is -2.19. The minimum absolute atomic E-state index is 0.00329. The molecular weight excluding hydrogens is 400 g/mol. The fourth-order valence-corrected chi connectivity index (χ4v) is 3.86. The predicted molar refractivity (Wildman–Crippen MR) is 118 cm³/mol. The Kier molecular flexibility index (Phi) is 5.24. The van der Waals surface area contributed by atoms with Crippen molar-refractivity contribution >= 4 is 38.6 Å². The smallest absolute Gasteiger partial charge is 0.231 e. The molecule has 1 heterocycles. The summed E-state index contributed by atoms with van der Waals surface area (Å²) in [5.74, 6) is 0.103. The lowest BCUT2D eigenvalue weighted by molar-refractivity contribution is -0.115. The molecule has 152 valence electrons. The average molecular weight is 420 g/mol. The molecule has 4 rings (SSSR count). The molecule has 1 aromatic heterocycles. The lowest BCUT2D eigenvalue weighted by atomic mass is 10.1. The summed E-state index contributed by atoms with van der Waals surface area (Å²) in [6, 6.07) is 24.1. The molecule has 0 fully saturated rings. The highest BCUT2D eigenvalue weighted by atomic mass is 32.2. The third-order valence-corrected chi connectivity index (χ3v) is 5.08. The molecule has 3 aromatic carbocycles. The van der Waals surface area contributed by atoms with E-state index in [4.69, 9.17) is 0 Å². The standard InChI is InChI=1S/C22H20N4O3S/c1-30(28,29)25-18-12-6-5-9-16(18)15-21(27)24-22-23-19-13-7-8-14-20(19)26(22)17-10-3-2-4-11-17/h2-14,25H,15H2,1H3,(H,23,24,27). The van der Waals surface area contributed by atoms with Gasteiger partial charge in [0.2, 0.25) is 21.9 Å². The average Bonchev–Trinajstić information content (AvgIpc) is 3.06. The second kappa shape index (κ2) is 8.00. The van der Waals surface area contributed by atoms with Crippen LogP contribution in [0.4, 0.5) is 11.6 Å². The van der Waals surface area contributed by atoms with Crippen molar-refractivity contribution in [1.82, 2.24) is 9.55 Å². The Morgan fingerprint density at radius 3 is 2.37 bits per heavy atom. The van der Waals surface area contributed by atoms with Crippen molar-refractivity contribution in [3.05, 3.63) is 84.4 Å². The minimum Gasteiger partial charge on any atom is -0.295 e. The van der Waals surface area contributed by atoms with Gasteiger partial charge in [0.25, 0.3) is 0 Å². The van der Waals surface area contributed by atoms with E-state index in [0.29, 0.717) is 17.2 Å². The number of hydrogen-bond donors (Lipinski definition) is 2. The van der Waals surface area contributed by atoms with E-state index in [9.17, 15) is 13.2 Å². The van der Waals surface area contributed by atoms with E-state index < -0.39 is 10.0 Å². The summed E-state index contributed by atoms with van der Waals surface area (Å²) >= 11 is 0. The van der Waals surface area contributed by atoms with Gasteiger partial charge in [-0.05, 0) is 35.9 Å². The fourth-order valence-electron chi connectivity index (χ4n) is 3.26. The maximum Gasteiger partial charge on any atom is 0.231 e. The SMILES string of the molecule is CS(=O)(=O)Nc1ccccc1CC(=O)Nc1nc2ccccc2n1-c1ccccc1. The third kappa shape index (κ3) is 4.33. The summed E-state index contributed by atoms with van der Waals surface area (Å²) in [5.41, 5.74) is 3.46. The largest absolute Gasteiger partial charge is 0.295 e. The first-order valence-corrected chi connectivity index (χ1v) is 11.2. The van der Waals surface area contributed by atoms with Crippen LogP contribution in [0.1, 0.15) is 5.56 Å². The van der Waals surface area contributed by atoms with E-state index in [0.717, 1.165) is 23.0 Å². The zero-order valence-electron chi connectivity index (χ0n) is 16.2. The number of aromatic nitrogens is 2. The minimum atomic E-state index is -3.45. The number of imidazole rings is 1. The lowest BCUT2D eigenvalue weighted by Gasteiger charge is -2.12. The molecule has 1 amide bonds. The van der Waals surface area contributed by atoms with Gasteiger partial charge in [-0.25, -0.2) is 13.4 Å². The van der Waals surface area contributed by atoms with Gasteiger partial charge in [-0.15, -0.1) is 0 Å². The number of hydrogen-bond acceptors (Lipinski definition) is 4. The van der Waals surface area contributed by atoms with Gasteiger partial charge in [0.05, 0.1) is 29.4 Å². The first kappa shape index (κ1) is 19.7. The van der Waals surface area contributed by atoms with Crippen LogP contribution in [0.2, 0.25) is 0 Å². The van der Waals surface area contributed by atoms with Gasteiger partial charge in [-0.2, -0.15) is 0 Å². The molecule has 2 N–H and O–H groups in total. The third-order valence-electron chi connectivity index (χ3n) is 4.49. The molecule has 8 heteroatoms. The number of anilines is 2. The van der Waals surface area contributed by atoms with Crippen LogP contribution < -0.4 is 10.0 Å². The summed E-state index contributed by atoms with van der Waals surface area (Å²) in [4.78, 5) is 17.4. The first-order valence-electron chi connectivity index (χ1n) is 9.29. The second-order valence-corrected chi connectivity index (χ2v) is 8.60. The predicted octanol–water partition coefficient (Wildman–Crippen LogP) is 3.58. The van der Waals surface area contributed by atoms with E-state index in [1.807, 2.05) is 59.2 Å². The molecule has 0 atom stereocenters. The summed E-state index contributed by atoms with van der Waals surface area (Å²) in [5, 5.41) is 2.87. The normalized spacial score (nSPS) is 11.4. The van der Waals surface area contributed by atoms with E-state index in [-0.39, 0.29) is 12.3 Å². The van der Waals surface area contributed by atoms with Crippen molar-refractivity contribution in [1.29, 1.82) is 0 Å². The highest BCUT2D eigenvalue weighted by Gasteiger charge is 2.16. The molecular formula is C22H20N4O3S. The van der Waals surface area contributed by atoms with Gasteiger partial charge in [-0.3, -0.25) is 19.4 Å². The van der Waals surface area contributed by atoms with E-state index in [1.54, 1.807) is 24.3 Å². The van der Waals surface area contributed by atoms with Crippen LogP contribution in [0.3, 0.4) is 0 Å². The topological polar surface area (TPSA) is 93.1 Å². The molecule has 0 unspecified atom stereocenters. The number of nitrogens with one attached hydrogen (secondary N) is 2. The maximum atomic E-state index is 12.8. The molecule has 0 saturated heterocycles. The number of benzene rings is 3. The van der Waals surface area contributed by atoms with Gasteiger partial charge in [0, 0.05) is 5.69 Å². The van der Waals surface area contributed by atoms with Gasteiger partial charge in [-0.1, -0.05) is 48.5 Å². The summed E-state index contributed by atoms with van der Waals surface area (Å²) < 4.78 is 27.5. The van der Waals surface area contributed by atoms with Gasteiger partial charge in [0.15, 0.2) is 0 Å². The molecule has 30 heavy (non-hydrogen) atoms. The molecule has 0 saturated carbocycles. The van der Waals surface area contributed by atoms with Crippen molar-refractivity contribution in [2.75, 3.05) is 16.3 Å². The number of carbonyl (C=O) groups is 1. The summed E-state index contributed by atoms with van der Waals surface area (Å²) in [6.07, 6.45) is 1.07. The number of amides is 1. The summed E-state index contributed by atoms with van der Waals surface area (Å²) in [6.45, 7) is 0. The number of nitrogens with zero attached hydrogens (tertiary/aromatic N) is 2. The zero-order chi connectivity index (χ0) is 21.1. The second-order valence-electron chi connectivity index (χ2n) is 6.85. The zero-order valence-corrected chi connectivity index (χ0v) is 17.1. The molecule has 0 radical (unpaired) electrons. The van der Waals surface area contributed by atoms with Crippen LogP contribution in [0.5, 0.6) is 0 Å². The fraction of sp³-hybridized carbons (Fsp3) is 0.0909. The van der Waals surface area contributed by atoms with Crippen LogP contribution in [-0.2, 0) is 21.2 Å². The van der Waals surface area contributed by atoms with E-state index >= 15 is 0 Å². The van der Waals surface area contributed by atoms with Gasteiger partial charge in [0.1, 0.15) is 0 Å². The molecule has 0 aliphatic rings. The highest BCUT2D eigenvalue weighted by molar-refractivity contribution is 7.92. The van der Waals surface area contributed by atoms with E-state index in [1.165, 1.54) is 0 Å². The van der Waals surface area contributed by atoms with Crippen LogP contribution in [-0.4, -0.2) is 30.1 Å². The van der Waals surface area contributed by atoms with Crippen LogP contribution >= 0.6 is 0 Å². The van der Waals surface area contributed by atoms with Gasteiger partial charge < -0.3 is 0 Å². The number of rotatable bonds is 6. The van der Waals surface area contributed by atoms with Crippen molar-refractivity contribution in [3.63, 3.8) is 0 Å². The van der Waals surface area contributed by atoms with Gasteiger partial charge >= 0.3 is 0 Å². The molecule has 0 spiro atoms. The number of sulfonamides is 1.